The maximum Gasteiger partial charge on any atom is 0.292 e. The molecule has 5 heteroatoms. The SMILES string of the molecule is Cc1ccc([N+](=O)[O-])c(N2CC(CO)C2)c1. The quantitative estimate of drug-likeness (QED) is 0.619. The summed E-state index contributed by atoms with van der Waals surface area (Å²) < 4.78 is 0. The zero-order valence-electron chi connectivity index (χ0n) is 9.09. The molecule has 1 aromatic carbocycles. The van der Waals surface area contributed by atoms with Crippen molar-refractivity contribution in [1.82, 2.24) is 0 Å². The van der Waals surface area contributed by atoms with Crippen LogP contribution in [0.15, 0.2) is 18.2 Å². The Hall–Kier alpha value is -1.62. The molecule has 1 fully saturated rings. The molecule has 1 N–H and O–H groups in total. The molecule has 16 heavy (non-hydrogen) atoms. The highest BCUT2D eigenvalue weighted by Crippen LogP contribution is 2.33. The van der Waals surface area contributed by atoms with Crippen LogP contribution < -0.4 is 4.90 Å². The number of nitrogens with zero attached hydrogens (tertiary/aromatic N) is 2. The van der Waals surface area contributed by atoms with Crippen LogP contribution in [0.1, 0.15) is 5.56 Å². The Labute approximate surface area is 93.5 Å². The summed E-state index contributed by atoms with van der Waals surface area (Å²) in [4.78, 5) is 12.4. The van der Waals surface area contributed by atoms with Crippen LogP contribution in [0.2, 0.25) is 0 Å². The van der Waals surface area contributed by atoms with Crippen LogP contribution in [0.25, 0.3) is 0 Å². The van der Waals surface area contributed by atoms with E-state index in [1.807, 2.05) is 17.9 Å². The highest BCUT2D eigenvalue weighted by atomic mass is 16.6. The van der Waals surface area contributed by atoms with Crippen LogP contribution >= 0.6 is 0 Å². The molecule has 0 aromatic heterocycles. The lowest BCUT2D eigenvalue weighted by Gasteiger charge is -2.39. The number of aryl methyl sites for hydroxylation is 1. The molecule has 0 saturated carbocycles. The van der Waals surface area contributed by atoms with Crippen molar-refractivity contribution in [2.75, 3.05) is 24.6 Å². The van der Waals surface area contributed by atoms with E-state index < -0.39 is 0 Å². The van der Waals surface area contributed by atoms with Gasteiger partial charge in [-0.3, -0.25) is 10.1 Å². The molecule has 0 atom stereocenters. The summed E-state index contributed by atoms with van der Waals surface area (Å²) in [5, 5.41) is 19.8. The van der Waals surface area contributed by atoms with E-state index >= 15 is 0 Å². The van der Waals surface area contributed by atoms with E-state index in [2.05, 4.69) is 0 Å². The molecule has 1 aromatic rings. The first-order valence-electron chi connectivity index (χ1n) is 5.22. The Kier molecular flexibility index (Phi) is 2.78. The largest absolute Gasteiger partial charge is 0.396 e. The molecule has 0 aliphatic carbocycles. The summed E-state index contributed by atoms with van der Waals surface area (Å²) in [7, 11) is 0. The molecule has 86 valence electrons. The number of hydrogen-bond donors (Lipinski definition) is 1. The van der Waals surface area contributed by atoms with E-state index in [4.69, 9.17) is 5.11 Å². The van der Waals surface area contributed by atoms with Crippen molar-refractivity contribution in [2.24, 2.45) is 5.92 Å². The summed E-state index contributed by atoms with van der Waals surface area (Å²) in [5.41, 5.74) is 1.81. The van der Waals surface area contributed by atoms with Crippen molar-refractivity contribution in [2.45, 2.75) is 6.92 Å². The standard InChI is InChI=1S/C11H14N2O3/c1-8-2-3-10(13(15)16)11(4-8)12-5-9(6-12)7-14/h2-4,9,14H,5-7H2,1H3. The minimum atomic E-state index is -0.360. The first-order valence-corrected chi connectivity index (χ1v) is 5.22. The van der Waals surface area contributed by atoms with Gasteiger partial charge >= 0.3 is 0 Å². The molecule has 2 rings (SSSR count). The minimum absolute atomic E-state index is 0.141. The number of aliphatic hydroxyl groups is 1. The molecule has 0 bridgehead atoms. The molecule has 0 unspecified atom stereocenters. The fourth-order valence-electron chi connectivity index (χ4n) is 1.92. The third kappa shape index (κ3) is 1.86. The summed E-state index contributed by atoms with van der Waals surface area (Å²) in [5.74, 6) is 0.250. The van der Waals surface area contributed by atoms with E-state index in [0.717, 1.165) is 5.56 Å². The number of aliphatic hydroxyl groups excluding tert-OH is 1. The van der Waals surface area contributed by atoms with Gasteiger partial charge < -0.3 is 10.0 Å². The van der Waals surface area contributed by atoms with Gasteiger partial charge in [-0.2, -0.15) is 0 Å². The number of nitro groups is 1. The van der Waals surface area contributed by atoms with Gasteiger partial charge in [0.15, 0.2) is 0 Å². The second-order valence-corrected chi connectivity index (χ2v) is 4.20. The molecule has 0 radical (unpaired) electrons. The van der Waals surface area contributed by atoms with Crippen LogP contribution in [0, 0.1) is 23.0 Å². The fraction of sp³-hybridized carbons (Fsp3) is 0.455. The molecule has 1 heterocycles. The highest BCUT2D eigenvalue weighted by Gasteiger charge is 2.30. The van der Waals surface area contributed by atoms with Crippen LogP contribution in [0.4, 0.5) is 11.4 Å². The molecule has 0 spiro atoms. The van der Waals surface area contributed by atoms with Gasteiger partial charge in [-0.05, 0) is 18.6 Å². The molecule has 5 nitrogen and oxygen atoms in total. The zero-order valence-corrected chi connectivity index (χ0v) is 9.09. The molecule has 1 aliphatic rings. The highest BCUT2D eigenvalue weighted by molar-refractivity contribution is 5.65. The lowest BCUT2D eigenvalue weighted by atomic mass is 9.99. The van der Waals surface area contributed by atoms with E-state index in [1.165, 1.54) is 6.07 Å². The second-order valence-electron chi connectivity index (χ2n) is 4.20. The Balaban J connectivity index is 2.25. The van der Waals surface area contributed by atoms with Gasteiger partial charge in [0.1, 0.15) is 5.69 Å². The number of hydrogen-bond acceptors (Lipinski definition) is 4. The summed E-state index contributed by atoms with van der Waals surface area (Å²) in [6.07, 6.45) is 0. The van der Waals surface area contributed by atoms with Gasteiger partial charge in [0.05, 0.1) is 4.92 Å². The van der Waals surface area contributed by atoms with Gasteiger partial charge in [-0.15, -0.1) is 0 Å². The van der Waals surface area contributed by atoms with Crippen LogP contribution in [-0.2, 0) is 0 Å². The van der Waals surface area contributed by atoms with Crippen LogP contribution in [-0.4, -0.2) is 29.7 Å². The Bertz CT molecular complexity index is 414. The third-order valence-electron chi connectivity index (χ3n) is 2.88. The smallest absolute Gasteiger partial charge is 0.292 e. The number of nitro benzene ring substituents is 1. The summed E-state index contributed by atoms with van der Waals surface area (Å²) in [6, 6.07) is 5.10. The van der Waals surface area contributed by atoms with Crippen LogP contribution in [0.5, 0.6) is 0 Å². The summed E-state index contributed by atoms with van der Waals surface area (Å²) >= 11 is 0. The first kappa shape index (κ1) is 10.9. The Morgan fingerprint density at radius 3 is 2.81 bits per heavy atom. The number of benzene rings is 1. The predicted molar refractivity (Wildman–Crippen MR) is 60.6 cm³/mol. The molecule has 1 aliphatic heterocycles. The van der Waals surface area contributed by atoms with Crippen molar-refractivity contribution in [3.8, 4) is 0 Å². The molecular formula is C11H14N2O3. The zero-order chi connectivity index (χ0) is 11.7. The van der Waals surface area contributed by atoms with E-state index in [0.29, 0.717) is 18.8 Å². The van der Waals surface area contributed by atoms with Gasteiger partial charge in [0.25, 0.3) is 5.69 Å². The average Bonchev–Trinajstić information content (AvgIpc) is 2.15. The van der Waals surface area contributed by atoms with Crippen molar-refractivity contribution >= 4 is 11.4 Å². The third-order valence-corrected chi connectivity index (χ3v) is 2.88. The van der Waals surface area contributed by atoms with Crippen molar-refractivity contribution in [3.63, 3.8) is 0 Å². The van der Waals surface area contributed by atoms with E-state index in [-0.39, 0.29) is 23.1 Å². The van der Waals surface area contributed by atoms with E-state index in [9.17, 15) is 10.1 Å². The van der Waals surface area contributed by atoms with Gasteiger partial charge in [0.2, 0.25) is 0 Å². The van der Waals surface area contributed by atoms with Crippen LogP contribution in [0.3, 0.4) is 0 Å². The average molecular weight is 222 g/mol. The van der Waals surface area contributed by atoms with Gasteiger partial charge in [0, 0.05) is 31.7 Å². The van der Waals surface area contributed by atoms with Crippen molar-refractivity contribution in [1.29, 1.82) is 0 Å². The maximum atomic E-state index is 10.9. The first-order chi connectivity index (χ1) is 7.61. The maximum absolute atomic E-state index is 10.9. The predicted octanol–water partition coefficient (Wildman–Crippen LogP) is 1.33. The molecule has 0 amide bonds. The second kappa shape index (κ2) is 4.09. The van der Waals surface area contributed by atoms with E-state index in [1.54, 1.807) is 6.07 Å². The molecular weight excluding hydrogens is 208 g/mol. The summed E-state index contributed by atoms with van der Waals surface area (Å²) in [6.45, 7) is 3.45. The molecule has 1 saturated heterocycles. The number of anilines is 1. The Morgan fingerprint density at radius 1 is 1.56 bits per heavy atom. The fourth-order valence-corrected chi connectivity index (χ4v) is 1.92. The topological polar surface area (TPSA) is 66.6 Å². The normalized spacial score (nSPS) is 16.0. The number of rotatable bonds is 3. The van der Waals surface area contributed by atoms with Crippen molar-refractivity contribution < 1.29 is 10.0 Å². The monoisotopic (exact) mass is 222 g/mol. The van der Waals surface area contributed by atoms with Crippen molar-refractivity contribution in [3.05, 3.63) is 33.9 Å². The lowest BCUT2D eigenvalue weighted by Crippen LogP contribution is -2.48. The van der Waals surface area contributed by atoms with Gasteiger partial charge in [-0.1, -0.05) is 6.07 Å². The minimum Gasteiger partial charge on any atom is -0.396 e. The lowest BCUT2D eigenvalue weighted by molar-refractivity contribution is -0.384. The van der Waals surface area contributed by atoms with Gasteiger partial charge in [-0.25, -0.2) is 0 Å². The Morgan fingerprint density at radius 2 is 2.25 bits per heavy atom.